The monoisotopic (exact) mass is 1110 g/mol. The molecule has 3 aliphatic heterocycles. The maximum Gasteiger partial charge on any atom is 0.407 e. The number of aliphatic hydroxyl groups is 2. The number of benzene rings is 5. The Bertz CT molecular complexity index is 3480. The standard InChI is InChI=1S/C63H69N3O15/c1-32-18-17-19-33(2)61(73)66-52-56(71)49-48(50-58(37(6)55(49)70)81-63(8,60(50)72)78-29-26-46(75-9)34(3)57(79-38(7)67)36(5)54(69)35(4)53(32)68)51-59(52)80-47-30-39(24-25-45(47)65-51)76-28-16-10-15-27-64-62(74)77-31-44-42-22-13-11-20-40(42)41-21-12-14-23-43(41)44/h11-14,17-26,29-30,32,34-36,44,46,53-54,57,68-70H,10,15-16,27-28,31H2,1-9H3,(H,64,74)(H,66,73)/b18-17+,29-26+,33-19-/t32-,34+,35+,36+,46-,53-,54+,57+,63-/m0/s1. The highest BCUT2D eigenvalue weighted by Gasteiger charge is 2.50. The number of nitrogens with one attached hydrogen (secondary N) is 2. The van der Waals surface area contributed by atoms with Gasteiger partial charge in [-0.1, -0.05) is 94.5 Å². The van der Waals surface area contributed by atoms with Crippen molar-refractivity contribution in [2.75, 3.05) is 32.2 Å². The first-order valence-corrected chi connectivity index (χ1v) is 27.4. The quantitative estimate of drug-likeness (QED) is 0.0350. The van der Waals surface area contributed by atoms with Gasteiger partial charge >= 0.3 is 17.8 Å². The van der Waals surface area contributed by atoms with Crippen LogP contribution in [-0.4, -0.2) is 101 Å². The second-order valence-corrected chi connectivity index (χ2v) is 21.5. The number of aliphatic hydroxyl groups excluding tert-OH is 2. The number of phenolic OH excluding ortho intramolecular Hbond substituents is 1. The molecule has 4 aromatic carbocycles. The van der Waals surface area contributed by atoms with Crippen LogP contribution in [0.1, 0.15) is 101 Å². The molecule has 9 rings (SSSR count). The molecule has 0 unspecified atom stereocenters. The van der Waals surface area contributed by atoms with Gasteiger partial charge in [0.25, 0.3) is 11.7 Å². The average molecular weight is 1110 g/mol. The van der Waals surface area contributed by atoms with Gasteiger partial charge in [0.15, 0.2) is 11.3 Å². The number of alkyl carbamates (subject to hydrolysis) is 1. The van der Waals surface area contributed by atoms with Crippen LogP contribution in [0, 0.1) is 30.6 Å². The molecular formula is C63H69N3O15. The van der Waals surface area contributed by atoms with Gasteiger partial charge in [-0.25, -0.2) is 9.78 Å². The van der Waals surface area contributed by atoms with Gasteiger partial charge in [-0.2, -0.15) is 0 Å². The summed E-state index contributed by atoms with van der Waals surface area (Å²) in [5.74, 6) is -7.14. The average Bonchev–Trinajstić information content (AvgIpc) is 2.34. The van der Waals surface area contributed by atoms with Gasteiger partial charge in [0.05, 0.1) is 42.1 Å². The molecule has 2 aliphatic carbocycles. The van der Waals surface area contributed by atoms with Crippen molar-refractivity contribution in [1.29, 1.82) is 0 Å². The lowest BCUT2D eigenvalue weighted by Crippen LogP contribution is -2.46. The maximum atomic E-state index is 14.9. The van der Waals surface area contributed by atoms with E-state index in [9.17, 15) is 39.3 Å². The van der Waals surface area contributed by atoms with Crippen LogP contribution in [0.5, 0.6) is 17.2 Å². The first kappa shape index (κ1) is 57.6. The van der Waals surface area contributed by atoms with Crippen LogP contribution >= 0.6 is 0 Å². The highest BCUT2D eigenvalue weighted by Crippen LogP contribution is 2.51. The Morgan fingerprint density at radius 3 is 2.26 bits per heavy atom. The zero-order valence-corrected chi connectivity index (χ0v) is 46.9. The van der Waals surface area contributed by atoms with E-state index < -0.39 is 88.8 Å². The summed E-state index contributed by atoms with van der Waals surface area (Å²) >= 11 is 0. The second kappa shape index (κ2) is 24.0. The summed E-state index contributed by atoms with van der Waals surface area (Å²) in [6.45, 7) is 13.5. The lowest BCUT2D eigenvalue weighted by Gasteiger charge is -2.38. The van der Waals surface area contributed by atoms with Crippen molar-refractivity contribution >= 4 is 51.3 Å². The van der Waals surface area contributed by atoms with Gasteiger partial charge < -0.3 is 58.8 Å². The second-order valence-electron chi connectivity index (χ2n) is 21.5. The molecule has 0 fully saturated rings. The molecule has 0 spiro atoms. The molecule has 0 saturated heterocycles. The third kappa shape index (κ3) is 11.4. The van der Waals surface area contributed by atoms with Crippen molar-refractivity contribution < 1.29 is 67.3 Å². The van der Waals surface area contributed by atoms with E-state index in [1.54, 1.807) is 58.0 Å². The molecule has 18 nitrogen and oxygen atoms in total. The number of ether oxygens (including phenoxy) is 6. The van der Waals surface area contributed by atoms with E-state index in [2.05, 4.69) is 34.9 Å². The fraction of sp³-hybridized carbons (Fsp3) is 0.397. The number of aromatic nitrogens is 1. The number of fused-ring (bicyclic) bond motifs is 5. The summed E-state index contributed by atoms with van der Waals surface area (Å²) in [6.07, 6.45) is 5.04. The molecule has 2 amide bonds. The minimum atomic E-state index is -2.07. The summed E-state index contributed by atoms with van der Waals surface area (Å²) in [6, 6.07) is 21.3. The minimum absolute atomic E-state index is 0.0376. The number of amides is 2. The number of allylic oxidation sites excluding steroid dienone is 2. The van der Waals surface area contributed by atoms with E-state index in [4.69, 9.17) is 37.8 Å². The Kier molecular flexibility index (Phi) is 17.0. The number of phenols is 1. The smallest absolute Gasteiger partial charge is 0.407 e. The van der Waals surface area contributed by atoms with Gasteiger partial charge in [0.1, 0.15) is 46.9 Å². The third-order valence-electron chi connectivity index (χ3n) is 16.0. The Hall–Kier alpha value is -8.06. The van der Waals surface area contributed by atoms with Gasteiger partial charge in [-0.05, 0) is 73.6 Å². The zero-order valence-electron chi connectivity index (χ0n) is 46.9. The number of nitrogens with zero attached hydrogens (tertiary/aromatic N) is 1. The maximum absolute atomic E-state index is 14.9. The fourth-order valence-electron chi connectivity index (χ4n) is 11.3. The molecule has 0 saturated carbocycles. The van der Waals surface area contributed by atoms with E-state index in [0.717, 1.165) is 28.7 Å². The van der Waals surface area contributed by atoms with E-state index >= 15 is 0 Å². The van der Waals surface area contributed by atoms with E-state index in [1.165, 1.54) is 53.2 Å². The Labute approximate surface area is 469 Å². The van der Waals surface area contributed by atoms with Crippen molar-refractivity contribution in [1.82, 2.24) is 10.3 Å². The summed E-state index contributed by atoms with van der Waals surface area (Å²) < 4.78 is 42.3. The number of hydrogen-bond donors (Lipinski definition) is 5. The zero-order chi connectivity index (χ0) is 58.0. The van der Waals surface area contributed by atoms with E-state index in [-0.39, 0.29) is 74.0 Å². The number of unbranched alkanes of at least 4 members (excludes halogenated alkanes) is 2. The molecule has 4 bridgehead atoms. The van der Waals surface area contributed by atoms with Crippen molar-refractivity contribution in [3.63, 3.8) is 0 Å². The number of esters is 1. The summed E-state index contributed by atoms with van der Waals surface area (Å²) in [4.78, 5) is 74.0. The third-order valence-corrected chi connectivity index (χ3v) is 16.0. The van der Waals surface area contributed by atoms with Gasteiger partial charge in [0.2, 0.25) is 5.43 Å². The van der Waals surface area contributed by atoms with Crippen molar-refractivity contribution in [3.05, 3.63) is 135 Å². The molecule has 81 heavy (non-hydrogen) atoms. The molecule has 4 aromatic rings. The number of methoxy groups -OCH3 is 1. The molecule has 426 valence electrons. The largest absolute Gasteiger partial charge is 0.507 e. The van der Waals surface area contributed by atoms with E-state index in [1.807, 2.05) is 24.3 Å². The van der Waals surface area contributed by atoms with Crippen LogP contribution < -0.4 is 25.5 Å². The molecule has 5 aliphatic rings. The molecule has 0 aromatic heterocycles. The lowest BCUT2D eigenvalue weighted by molar-refractivity contribution is -0.160. The Morgan fingerprint density at radius 2 is 1.57 bits per heavy atom. The van der Waals surface area contributed by atoms with Crippen LogP contribution in [0.3, 0.4) is 0 Å². The number of hydrogen-bond acceptors (Lipinski definition) is 16. The van der Waals surface area contributed by atoms with Crippen LogP contribution in [0.25, 0.3) is 44.5 Å². The van der Waals surface area contributed by atoms with Crippen LogP contribution in [0.15, 0.2) is 112 Å². The predicted octanol–water partition coefficient (Wildman–Crippen LogP) is 10.0. The van der Waals surface area contributed by atoms with Crippen molar-refractivity contribution in [2.24, 2.45) is 23.7 Å². The van der Waals surface area contributed by atoms with Gasteiger partial charge in [-0.3, -0.25) is 19.2 Å². The van der Waals surface area contributed by atoms with Crippen molar-refractivity contribution in [3.8, 4) is 39.8 Å². The topological polar surface area (TPSA) is 252 Å². The number of rotatable bonds is 11. The molecule has 9 atom stereocenters. The van der Waals surface area contributed by atoms with Gasteiger partial charge in [0, 0.05) is 79.7 Å². The van der Waals surface area contributed by atoms with Gasteiger partial charge in [-0.15, -0.1) is 0 Å². The minimum Gasteiger partial charge on any atom is -0.507 e. The summed E-state index contributed by atoms with van der Waals surface area (Å²) in [7, 11) is 1.44. The summed E-state index contributed by atoms with van der Waals surface area (Å²) in [5.41, 5.74) is 3.80. The highest BCUT2D eigenvalue weighted by molar-refractivity contribution is 6.22. The number of carbonyl (C=O) groups excluding carboxylic acids is 4. The van der Waals surface area contributed by atoms with Crippen LogP contribution in [0.2, 0.25) is 0 Å². The number of anilines is 1. The lowest BCUT2D eigenvalue weighted by atomic mass is 9.78. The van der Waals surface area contributed by atoms with Crippen molar-refractivity contribution in [2.45, 2.75) is 111 Å². The number of Topliss-reactive ketones (excluding diaryl/α,β-unsaturated/α-hetero) is 1. The molecule has 0 radical (unpaired) electrons. The Morgan fingerprint density at radius 1 is 0.864 bits per heavy atom. The van der Waals surface area contributed by atoms with Crippen LogP contribution in [-0.2, 0) is 28.5 Å². The highest BCUT2D eigenvalue weighted by atomic mass is 16.7. The van der Waals surface area contributed by atoms with E-state index in [0.29, 0.717) is 31.7 Å². The molecule has 3 heterocycles. The number of aromatic hydroxyl groups is 1. The Balaban J connectivity index is 0.981. The molecule has 18 heteroatoms. The first-order chi connectivity index (χ1) is 38.7. The molecular weight excluding hydrogens is 1040 g/mol. The SMILES string of the molecule is CO[C@H]1/C=C/O[C@@]2(C)Oc3c(C)c(O)c4c(=O)c(c5oc6cc(OCCCCCNC(=O)OCC7c8ccccc8-c8ccccc87)ccc6nc-5c4c3C2=O)NC(=O)/C(C)=C\C=C\[C@H](C)[C@H](O)[C@@H](C)[C@@H](O)[C@@H](C)[C@H](OC(C)=O)[C@@H]1C. The summed E-state index contributed by atoms with van der Waals surface area (Å²) in [5, 5.41) is 40.2. The van der Waals surface area contributed by atoms with Crippen LogP contribution in [0.4, 0.5) is 10.5 Å². The fourth-order valence-corrected chi connectivity index (χ4v) is 11.3. The molecule has 5 N–H and O–H groups in total. The number of ketones is 1. The first-order valence-electron chi connectivity index (χ1n) is 27.4. The predicted molar refractivity (Wildman–Crippen MR) is 303 cm³/mol. The number of carbonyl (C=O) groups is 4. The normalized spacial score (nSPS) is 25.5.